The van der Waals surface area contributed by atoms with Gasteiger partial charge in [-0.1, -0.05) is 11.8 Å². The first-order valence-electron chi connectivity index (χ1n) is 3.32. The second-order valence-electron chi connectivity index (χ2n) is 2.25. The van der Waals surface area contributed by atoms with Crippen LogP contribution in [0.1, 0.15) is 5.56 Å². The van der Waals surface area contributed by atoms with Gasteiger partial charge in [-0.05, 0) is 18.6 Å². The van der Waals surface area contributed by atoms with E-state index in [1.54, 1.807) is 12.3 Å². The van der Waals surface area contributed by atoms with Gasteiger partial charge >= 0.3 is 5.97 Å². The smallest absolute Gasteiger partial charge is 0.313 e. The Bertz CT molecular complexity index is 290. The van der Waals surface area contributed by atoms with E-state index in [-0.39, 0.29) is 5.75 Å². The van der Waals surface area contributed by atoms with E-state index in [0.717, 1.165) is 5.56 Å². The van der Waals surface area contributed by atoms with Crippen molar-refractivity contribution in [2.45, 2.75) is 11.9 Å². The van der Waals surface area contributed by atoms with E-state index in [1.165, 1.54) is 11.8 Å². The minimum atomic E-state index is -0.844. The summed E-state index contributed by atoms with van der Waals surface area (Å²) in [4.78, 5) is 10.2. The number of aromatic nitrogens is 2. The summed E-state index contributed by atoms with van der Waals surface area (Å²) in [5.74, 6) is -0.818. The Kier molecular flexibility index (Phi) is 3.04. The summed E-state index contributed by atoms with van der Waals surface area (Å²) >= 11 is 1.17. The predicted molar refractivity (Wildman–Crippen MR) is 45.1 cm³/mol. The predicted octanol–water partition coefficient (Wildman–Crippen LogP) is 0.962. The molecular weight excluding hydrogens is 176 g/mol. The van der Waals surface area contributed by atoms with Crippen LogP contribution in [0.2, 0.25) is 0 Å². The molecule has 1 aromatic rings. The first-order chi connectivity index (χ1) is 5.68. The Labute approximate surface area is 74.0 Å². The Morgan fingerprint density at radius 2 is 2.50 bits per heavy atom. The molecule has 12 heavy (non-hydrogen) atoms. The van der Waals surface area contributed by atoms with E-state index in [1.807, 2.05) is 6.92 Å². The van der Waals surface area contributed by atoms with Gasteiger partial charge in [0.05, 0.1) is 11.9 Å². The molecule has 0 radical (unpaired) electrons. The molecule has 0 saturated carbocycles. The number of carboxylic acids is 1. The van der Waals surface area contributed by atoms with E-state index < -0.39 is 5.97 Å². The van der Waals surface area contributed by atoms with Crippen LogP contribution in [0.5, 0.6) is 0 Å². The number of aliphatic carboxylic acids is 1. The number of aryl methyl sites for hydroxylation is 1. The lowest BCUT2D eigenvalue weighted by atomic mass is 10.4. The third-order valence-electron chi connectivity index (χ3n) is 1.11. The molecule has 1 heterocycles. The van der Waals surface area contributed by atoms with Crippen molar-refractivity contribution >= 4 is 17.7 Å². The number of nitrogens with zero attached hydrogens (tertiary/aromatic N) is 2. The van der Waals surface area contributed by atoms with E-state index in [4.69, 9.17) is 5.11 Å². The average molecular weight is 184 g/mol. The monoisotopic (exact) mass is 184 g/mol. The van der Waals surface area contributed by atoms with Crippen molar-refractivity contribution in [2.75, 3.05) is 5.75 Å². The number of hydrogen-bond acceptors (Lipinski definition) is 4. The van der Waals surface area contributed by atoms with Gasteiger partial charge in [0.15, 0.2) is 0 Å². The van der Waals surface area contributed by atoms with Crippen molar-refractivity contribution in [1.82, 2.24) is 10.2 Å². The van der Waals surface area contributed by atoms with Crippen molar-refractivity contribution < 1.29 is 9.90 Å². The van der Waals surface area contributed by atoms with Crippen LogP contribution in [-0.4, -0.2) is 27.0 Å². The highest BCUT2D eigenvalue weighted by molar-refractivity contribution is 7.99. The number of carboxylic acid groups (broad SMARTS) is 1. The summed E-state index contributed by atoms with van der Waals surface area (Å²) in [6.45, 7) is 1.89. The molecule has 1 N–H and O–H groups in total. The molecule has 4 nitrogen and oxygen atoms in total. The molecule has 0 unspecified atom stereocenters. The fourth-order valence-electron chi connectivity index (χ4n) is 0.644. The van der Waals surface area contributed by atoms with Gasteiger partial charge in [0.25, 0.3) is 0 Å². The summed E-state index contributed by atoms with van der Waals surface area (Å²) in [5.41, 5.74) is 0.984. The van der Waals surface area contributed by atoms with Crippen molar-refractivity contribution in [3.8, 4) is 0 Å². The maximum absolute atomic E-state index is 10.2. The molecule has 5 heteroatoms. The van der Waals surface area contributed by atoms with Gasteiger partial charge in [-0.3, -0.25) is 4.79 Å². The molecule has 0 atom stereocenters. The van der Waals surface area contributed by atoms with Gasteiger partial charge in [-0.15, -0.1) is 5.10 Å². The largest absolute Gasteiger partial charge is 0.481 e. The molecule has 0 aliphatic carbocycles. The van der Waals surface area contributed by atoms with Crippen molar-refractivity contribution in [3.63, 3.8) is 0 Å². The lowest BCUT2D eigenvalue weighted by Crippen LogP contribution is -1.98. The molecule has 0 amide bonds. The molecule has 0 fully saturated rings. The maximum atomic E-state index is 10.2. The second kappa shape index (κ2) is 4.06. The SMILES string of the molecule is Cc1cnnc(SCC(=O)O)c1. The molecule has 0 spiro atoms. The van der Waals surface area contributed by atoms with E-state index in [0.29, 0.717) is 5.03 Å². The Morgan fingerprint density at radius 1 is 1.75 bits per heavy atom. The Morgan fingerprint density at radius 3 is 3.08 bits per heavy atom. The molecule has 0 saturated heterocycles. The van der Waals surface area contributed by atoms with Gasteiger partial charge in [0.1, 0.15) is 5.03 Å². The fraction of sp³-hybridized carbons (Fsp3) is 0.286. The molecule has 0 bridgehead atoms. The number of thioether (sulfide) groups is 1. The second-order valence-corrected chi connectivity index (χ2v) is 3.25. The summed E-state index contributed by atoms with van der Waals surface area (Å²) in [5, 5.41) is 16.5. The lowest BCUT2D eigenvalue weighted by molar-refractivity contribution is -0.133. The fourth-order valence-corrected chi connectivity index (χ4v) is 1.29. The minimum Gasteiger partial charge on any atom is -0.481 e. The van der Waals surface area contributed by atoms with Crippen LogP contribution in [0, 0.1) is 6.92 Å². The molecule has 1 rings (SSSR count). The summed E-state index contributed by atoms with van der Waals surface area (Å²) in [6, 6.07) is 1.81. The molecule has 0 aliphatic rings. The summed E-state index contributed by atoms with van der Waals surface area (Å²) in [7, 11) is 0. The zero-order chi connectivity index (χ0) is 8.97. The van der Waals surface area contributed by atoms with Crippen LogP contribution in [-0.2, 0) is 4.79 Å². The standard InChI is InChI=1S/C7H8N2O2S/c1-5-2-6(9-8-3-5)12-4-7(10)11/h2-3H,4H2,1H3,(H,10,11). The molecular formula is C7H8N2O2S. The Balaban J connectivity index is 2.57. The average Bonchev–Trinajstić information content (AvgIpc) is 2.01. The van der Waals surface area contributed by atoms with Gasteiger partial charge in [0.2, 0.25) is 0 Å². The van der Waals surface area contributed by atoms with Crippen LogP contribution in [0.15, 0.2) is 17.3 Å². The topological polar surface area (TPSA) is 63.1 Å². The van der Waals surface area contributed by atoms with Crippen LogP contribution < -0.4 is 0 Å². The van der Waals surface area contributed by atoms with E-state index in [2.05, 4.69) is 10.2 Å². The van der Waals surface area contributed by atoms with Crippen LogP contribution in [0.3, 0.4) is 0 Å². The van der Waals surface area contributed by atoms with Gasteiger partial charge in [-0.2, -0.15) is 5.10 Å². The molecule has 0 aliphatic heterocycles. The normalized spacial score (nSPS) is 9.75. The quantitative estimate of drug-likeness (QED) is 0.709. The highest BCUT2D eigenvalue weighted by atomic mass is 32.2. The highest BCUT2D eigenvalue weighted by Crippen LogP contribution is 2.13. The zero-order valence-corrected chi connectivity index (χ0v) is 7.34. The number of carbonyl (C=O) groups is 1. The van der Waals surface area contributed by atoms with Crippen molar-refractivity contribution in [2.24, 2.45) is 0 Å². The van der Waals surface area contributed by atoms with Crippen LogP contribution in [0.25, 0.3) is 0 Å². The summed E-state index contributed by atoms with van der Waals surface area (Å²) < 4.78 is 0. The third kappa shape index (κ3) is 2.87. The molecule has 64 valence electrons. The molecule has 0 aromatic carbocycles. The highest BCUT2D eigenvalue weighted by Gasteiger charge is 2.00. The maximum Gasteiger partial charge on any atom is 0.313 e. The number of hydrogen-bond donors (Lipinski definition) is 1. The van der Waals surface area contributed by atoms with E-state index >= 15 is 0 Å². The van der Waals surface area contributed by atoms with Gasteiger partial charge in [-0.25, -0.2) is 0 Å². The van der Waals surface area contributed by atoms with Crippen LogP contribution >= 0.6 is 11.8 Å². The number of rotatable bonds is 3. The lowest BCUT2D eigenvalue weighted by Gasteiger charge is -1.96. The van der Waals surface area contributed by atoms with Gasteiger partial charge < -0.3 is 5.11 Å². The molecule has 1 aromatic heterocycles. The van der Waals surface area contributed by atoms with Crippen molar-refractivity contribution in [3.05, 3.63) is 17.8 Å². The third-order valence-corrected chi connectivity index (χ3v) is 2.00. The minimum absolute atomic E-state index is 0.0259. The first kappa shape index (κ1) is 8.99. The zero-order valence-electron chi connectivity index (χ0n) is 6.52. The Hall–Kier alpha value is -1.10. The van der Waals surface area contributed by atoms with E-state index in [9.17, 15) is 4.79 Å². The van der Waals surface area contributed by atoms with Crippen LogP contribution in [0.4, 0.5) is 0 Å². The van der Waals surface area contributed by atoms with Gasteiger partial charge in [0, 0.05) is 0 Å². The van der Waals surface area contributed by atoms with Crippen molar-refractivity contribution in [1.29, 1.82) is 0 Å². The summed E-state index contributed by atoms with van der Waals surface area (Å²) in [6.07, 6.45) is 1.63. The first-order valence-corrected chi connectivity index (χ1v) is 4.31.